The van der Waals surface area contributed by atoms with Crippen LogP contribution in [0.15, 0.2) is 21.3 Å². The van der Waals surface area contributed by atoms with Crippen LogP contribution in [0.3, 0.4) is 0 Å². The van der Waals surface area contributed by atoms with Crippen LogP contribution in [0, 0.1) is 17.2 Å². The van der Waals surface area contributed by atoms with Crippen LogP contribution in [0.25, 0.3) is 11.0 Å². The van der Waals surface area contributed by atoms with Crippen LogP contribution in [0.5, 0.6) is 5.75 Å². The molecule has 1 aliphatic heterocycles. The highest BCUT2D eigenvalue weighted by Gasteiger charge is 2.24. The van der Waals surface area contributed by atoms with E-state index in [9.17, 15) is 9.59 Å². The third-order valence-corrected chi connectivity index (χ3v) is 5.63. The van der Waals surface area contributed by atoms with Gasteiger partial charge in [0.1, 0.15) is 11.3 Å². The molecule has 1 fully saturated rings. The number of halogens is 1. The standard InChI is InChI=1S/C20H19ClN2O4/c21-16-7-15-13-4-1-5-14(13)20(25)27-17(15)8-18(16)26-11-19(24)23-6-2-3-12(9-22)10-23/h7-8,12H,1-6,10-11H2. The molecule has 1 unspecified atom stereocenters. The Bertz CT molecular complexity index is 1010. The third kappa shape index (κ3) is 3.40. The van der Waals surface area contributed by atoms with Crippen LogP contribution in [-0.4, -0.2) is 30.5 Å². The Morgan fingerprint density at radius 2 is 2.15 bits per heavy atom. The molecule has 0 saturated carbocycles. The Kier molecular flexibility index (Phi) is 4.79. The summed E-state index contributed by atoms with van der Waals surface area (Å²) < 4.78 is 11.0. The number of hydrogen-bond acceptors (Lipinski definition) is 5. The van der Waals surface area contributed by atoms with Crippen molar-refractivity contribution >= 4 is 28.5 Å². The van der Waals surface area contributed by atoms with Gasteiger partial charge in [-0.25, -0.2) is 4.79 Å². The van der Waals surface area contributed by atoms with E-state index in [0.717, 1.165) is 48.6 Å². The van der Waals surface area contributed by atoms with E-state index in [1.807, 2.05) is 0 Å². The van der Waals surface area contributed by atoms with Gasteiger partial charge in [0, 0.05) is 30.1 Å². The van der Waals surface area contributed by atoms with Crippen LogP contribution in [0.1, 0.15) is 30.4 Å². The minimum atomic E-state index is -0.310. The Hall–Kier alpha value is -2.52. The molecule has 2 aliphatic rings. The van der Waals surface area contributed by atoms with Gasteiger partial charge < -0.3 is 14.1 Å². The number of likely N-dealkylation sites (tertiary alicyclic amines) is 1. The molecule has 4 rings (SSSR count). The molecule has 140 valence electrons. The number of ether oxygens (including phenoxy) is 1. The second kappa shape index (κ2) is 7.24. The zero-order valence-electron chi connectivity index (χ0n) is 14.8. The Balaban J connectivity index is 1.53. The monoisotopic (exact) mass is 386 g/mol. The van der Waals surface area contributed by atoms with E-state index in [1.54, 1.807) is 17.0 Å². The predicted octanol–water partition coefficient (Wildman–Crippen LogP) is 3.08. The molecule has 0 spiro atoms. The highest BCUT2D eigenvalue weighted by molar-refractivity contribution is 6.32. The molecule has 1 atom stereocenters. The van der Waals surface area contributed by atoms with Gasteiger partial charge in [-0.1, -0.05) is 11.6 Å². The molecule has 1 saturated heterocycles. The number of nitrogens with zero attached hydrogens (tertiary/aromatic N) is 2. The first-order valence-corrected chi connectivity index (χ1v) is 9.53. The van der Waals surface area contributed by atoms with Gasteiger partial charge in [0.05, 0.1) is 17.0 Å². The number of rotatable bonds is 3. The first kappa shape index (κ1) is 17.9. The fourth-order valence-electron chi connectivity index (χ4n) is 3.93. The van der Waals surface area contributed by atoms with Crippen molar-refractivity contribution in [3.05, 3.63) is 38.7 Å². The number of carbonyl (C=O) groups excluding carboxylic acids is 1. The fourth-order valence-corrected chi connectivity index (χ4v) is 4.15. The molecule has 2 heterocycles. The summed E-state index contributed by atoms with van der Waals surface area (Å²) in [6.07, 6.45) is 4.14. The Morgan fingerprint density at radius 1 is 1.33 bits per heavy atom. The summed E-state index contributed by atoms with van der Waals surface area (Å²) in [7, 11) is 0. The summed E-state index contributed by atoms with van der Waals surface area (Å²) in [5, 5.41) is 10.3. The number of carbonyl (C=O) groups is 1. The minimum absolute atomic E-state index is 0.122. The molecular formula is C20H19ClN2O4. The molecule has 1 aromatic carbocycles. The van der Waals surface area contributed by atoms with Gasteiger partial charge in [0.25, 0.3) is 5.91 Å². The lowest BCUT2D eigenvalue weighted by Gasteiger charge is -2.29. The molecule has 1 amide bonds. The predicted molar refractivity (Wildman–Crippen MR) is 99.9 cm³/mol. The quantitative estimate of drug-likeness (QED) is 0.757. The van der Waals surface area contributed by atoms with Crippen molar-refractivity contribution in [2.24, 2.45) is 5.92 Å². The lowest BCUT2D eigenvalue weighted by Crippen LogP contribution is -2.41. The van der Waals surface area contributed by atoms with Crippen molar-refractivity contribution in [2.75, 3.05) is 19.7 Å². The van der Waals surface area contributed by atoms with E-state index in [4.69, 9.17) is 26.0 Å². The molecule has 1 aliphatic carbocycles. The first-order chi connectivity index (χ1) is 13.1. The molecule has 2 aromatic rings. The Labute approximate surface area is 161 Å². The van der Waals surface area contributed by atoms with Gasteiger partial charge in [-0.3, -0.25) is 4.79 Å². The lowest BCUT2D eigenvalue weighted by atomic mass is 10.00. The zero-order valence-corrected chi connectivity index (χ0v) is 15.6. The topological polar surface area (TPSA) is 83.5 Å². The van der Waals surface area contributed by atoms with Crippen LogP contribution in [0.4, 0.5) is 0 Å². The normalized spacial score (nSPS) is 19.0. The smallest absolute Gasteiger partial charge is 0.339 e. The van der Waals surface area contributed by atoms with Crippen LogP contribution >= 0.6 is 11.6 Å². The van der Waals surface area contributed by atoms with Crippen LogP contribution in [0.2, 0.25) is 5.02 Å². The van der Waals surface area contributed by atoms with Gasteiger partial charge in [-0.05, 0) is 43.7 Å². The molecule has 6 nitrogen and oxygen atoms in total. The fraction of sp³-hybridized carbons (Fsp3) is 0.450. The van der Waals surface area contributed by atoms with Crippen molar-refractivity contribution in [1.82, 2.24) is 4.90 Å². The van der Waals surface area contributed by atoms with Crippen molar-refractivity contribution < 1.29 is 13.9 Å². The maximum atomic E-state index is 12.4. The van der Waals surface area contributed by atoms with Crippen molar-refractivity contribution in [2.45, 2.75) is 32.1 Å². The minimum Gasteiger partial charge on any atom is -0.482 e. The molecule has 1 aromatic heterocycles. The van der Waals surface area contributed by atoms with E-state index >= 15 is 0 Å². The summed E-state index contributed by atoms with van der Waals surface area (Å²) in [4.78, 5) is 26.2. The highest BCUT2D eigenvalue weighted by Crippen LogP contribution is 2.34. The second-order valence-corrected chi connectivity index (χ2v) is 7.48. The molecule has 0 bridgehead atoms. The molecule has 0 radical (unpaired) electrons. The molecular weight excluding hydrogens is 368 g/mol. The number of fused-ring (bicyclic) bond motifs is 3. The van der Waals surface area contributed by atoms with Crippen LogP contribution < -0.4 is 10.4 Å². The number of hydrogen-bond donors (Lipinski definition) is 0. The average molecular weight is 387 g/mol. The summed E-state index contributed by atoms with van der Waals surface area (Å²) in [5.74, 6) is 0.0114. The Morgan fingerprint density at radius 3 is 2.96 bits per heavy atom. The average Bonchev–Trinajstić information content (AvgIpc) is 3.18. The number of benzene rings is 1. The van der Waals surface area contributed by atoms with E-state index in [0.29, 0.717) is 29.4 Å². The zero-order chi connectivity index (χ0) is 19.0. The van der Waals surface area contributed by atoms with E-state index in [2.05, 4.69) is 6.07 Å². The van der Waals surface area contributed by atoms with Crippen molar-refractivity contribution in [1.29, 1.82) is 5.26 Å². The van der Waals surface area contributed by atoms with E-state index in [1.165, 1.54) is 0 Å². The summed E-state index contributed by atoms with van der Waals surface area (Å²) in [6.45, 7) is 0.899. The first-order valence-electron chi connectivity index (χ1n) is 9.15. The van der Waals surface area contributed by atoms with Crippen molar-refractivity contribution in [3.63, 3.8) is 0 Å². The van der Waals surface area contributed by atoms with Gasteiger partial charge in [-0.2, -0.15) is 5.26 Å². The summed E-state index contributed by atoms with van der Waals surface area (Å²) in [5.41, 5.74) is 1.85. The number of piperidine rings is 1. The third-order valence-electron chi connectivity index (χ3n) is 5.33. The van der Waals surface area contributed by atoms with Gasteiger partial charge in [0.2, 0.25) is 0 Å². The van der Waals surface area contributed by atoms with E-state index < -0.39 is 0 Å². The maximum absolute atomic E-state index is 12.4. The lowest BCUT2D eigenvalue weighted by molar-refractivity contribution is -0.134. The molecule has 7 heteroatoms. The summed E-state index contributed by atoms with van der Waals surface area (Å²) >= 11 is 6.35. The van der Waals surface area contributed by atoms with Gasteiger partial charge in [0.15, 0.2) is 6.61 Å². The number of amides is 1. The second-order valence-electron chi connectivity index (χ2n) is 7.08. The van der Waals surface area contributed by atoms with E-state index in [-0.39, 0.29) is 24.1 Å². The SMILES string of the molecule is N#CC1CCCN(C(=O)COc2cc3oc(=O)c4c(c3cc2Cl)CCC4)C1. The van der Waals surface area contributed by atoms with Gasteiger partial charge >= 0.3 is 5.63 Å². The highest BCUT2D eigenvalue weighted by atomic mass is 35.5. The van der Waals surface area contributed by atoms with Crippen LogP contribution in [-0.2, 0) is 17.6 Å². The maximum Gasteiger partial charge on any atom is 0.339 e. The van der Waals surface area contributed by atoms with Gasteiger partial charge in [-0.15, -0.1) is 0 Å². The molecule has 27 heavy (non-hydrogen) atoms. The van der Waals surface area contributed by atoms with Crippen molar-refractivity contribution in [3.8, 4) is 11.8 Å². The largest absolute Gasteiger partial charge is 0.482 e. The molecule has 0 N–H and O–H groups in total. The number of aryl methyl sites for hydroxylation is 1. The number of nitriles is 1. The summed E-state index contributed by atoms with van der Waals surface area (Å²) in [6, 6.07) is 5.55.